The Hall–Kier alpha value is -1.81. The third-order valence-corrected chi connectivity index (χ3v) is 8.98. The molecule has 2 unspecified atom stereocenters. The maximum atomic E-state index is 13.5. The molecule has 2 heterocycles. The lowest BCUT2D eigenvalue weighted by Crippen LogP contribution is -2.54. The molecule has 0 saturated carbocycles. The fraction of sp³-hybridized carbons (Fsp3) is 0.350. The molecule has 1 aliphatic heterocycles. The Labute approximate surface area is 183 Å². The summed E-state index contributed by atoms with van der Waals surface area (Å²) in [5.41, 5.74) is 0.857. The van der Waals surface area contributed by atoms with E-state index >= 15 is 0 Å². The van der Waals surface area contributed by atoms with Gasteiger partial charge in [0.15, 0.2) is 5.13 Å². The number of rotatable bonds is 4. The topological polar surface area (TPSA) is 53.5 Å². The summed E-state index contributed by atoms with van der Waals surface area (Å²) in [7, 11) is -3.61. The van der Waals surface area contributed by atoms with Gasteiger partial charge < -0.3 is 4.90 Å². The highest BCUT2D eigenvalue weighted by atomic mass is 35.5. The highest BCUT2D eigenvalue weighted by Crippen LogP contribution is 2.34. The van der Waals surface area contributed by atoms with Gasteiger partial charge in [-0.3, -0.25) is 0 Å². The van der Waals surface area contributed by atoms with E-state index in [0.717, 1.165) is 6.07 Å². The third-order valence-electron chi connectivity index (χ3n) is 5.22. The lowest BCUT2D eigenvalue weighted by atomic mass is 10.0. The Bertz CT molecular complexity index is 1090. The minimum absolute atomic E-state index is 0.312. The van der Waals surface area contributed by atoms with Crippen LogP contribution >= 0.6 is 22.9 Å². The van der Waals surface area contributed by atoms with Crippen molar-refractivity contribution in [1.82, 2.24) is 9.29 Å². The first-order valence-corrected chi connectivity index (χ1v) is 12.1. The molecular formula is C20H20ClF2N3O2S2. The lowest BCUT2D eigenvalue weighted by Gasteiger charge is -2.38. The summed E-state index contributed by atoms with van der Waals surface area (Å²) in [6.07, 6.45) is 6.77. The van der Waals surface area contributed by atoms with Crippen LogP contribution in [0.1, 0.15) is 6.92 Å². The number of allylic oxidation sites excluding steroid dienone is 3. The minimum atomic E-state index is -3.61. The summed E-state index contributed by atoms with van der Waals surface area (Å²) in [5.74, 6) is -1.31. The van der Waals surface area contributed by atoms with Gasteiger partial charge in [0.1, 0.15) is 16.9 Å². The molecule has 1 aromatic heterocycles. The number of anilines is 1. The van der Waals surface area contributed by atoms with Crippen molar-refractivity contribution in [2.75, 3.05) is 31.1 Å². The fourth-order valence-electron chi connectivity index (χ4n) is 3.62. The Kier molecular flexibility index (Phi) is 5.73. The van der Waals surface area contributed by atoms with E-state index in [9.17, 15) is 17.2 Å². The number of halogens is 3. The molecule has 0 amide bonds. The zero-order valence-electron chi connectivity index (χ0n) is 16.1. The van der Waals surface area contributed by atoms with Crippen molar-refractivity contribution in [2.24, 2.45) is 0 Å². The number of hydrogen-bond acceptors (Lipinski definition) is 5. The second-order valence-electron chi connectivity index (χ2n) is 7.42. The molecule has 1 aromatic carbocycles. The molecule has 0 spiro atoms. The largest absolute Gasteiger partial charge is 0.345 e. The maximum Gasteiger partial charge on any atom is 0.222 e. The Morgan fingerprint density at radius 1 is 1.13 bits per heavy atom. The number of alkyl halides is 1. The van der Waals surface area contributed by atoms with Gasteiger partial charge in [0.2, 0.25) is 10.0 Å². The van der Waals surface area contributed by atoms with Gasteiger partial charge in [0.05, 0.1) is 10.6 Å². The van der Waals surface area contributed by atoms with Crippen LogP contribution in [-0.4, -0.2) is 54.0 Å². The minimum Gasteiger partial charge on any atom is -0.345 e. The fourth-order valence-corrected chi connectivity index (χ4v) is 6.94. The highest BCUT2D eigenvalue weighted by Gasteiger charge is 2.43. The van der Waals surface area contributed by atoms with Crippen LogP contribution in [0.15, 0.2) is 47.9 Å². The smallest absolute Gasteiger partial charge is 0.222 e. The highest BCUT2D eigenvalue weighted by molar-refractivity contribution is 7.90. The average molecular weight is 472 g/mol. The number of hydrogen-bond donors (Lipinski definition) is 0. The number of benzene rings is 1. The standard InChI is InChI=1S/C20H20ClF2N3O2S2/c1-20(21)5-3-2-4-18(20)30(27,28)26-8-6-25(7-9-26)19-24-17(13-29-19)14-10-15(22)12-16(23)11-14/h2-5,10-13,18H,6-9H2,1H3. The van der Waals surface area contributed by atoms with E-state index in [4.69, 9.17) is 11.6 Å². The molecule has 2 aliphatic rings. The molecule has 1 aliphatic carbocycles. The van der Waals surface area contributed by atoms with Gasteiger partial charge in [0.25, 0.3) is 0 Å². The van der Waals surface area contributed by atoms with Crippen molar-refractivity contribution < 1.29 is 17.2 Å². The van der Waals surface area contributed by atoms with E-state index in [1.807, 2.05) is 4.90 Å². The molecule has 10 heteroatoms. The van der Waals surface area contributed by atoms with Crippen LogP contribution in [0.25, 0.3) is 11.3 Å². The number of aromatic nitrogens is 1. The summed E-state index contributed by atoms with van der Waals surface area (Å²) < 4.78 is 54.6. The molecule has 0 N–H and O–H groups in total. The molecule has 160 valence electrons. The molecule has 0 bridgehead atoms. The van der Waals surface area contributed by atoms with E-state index in [-0.39, 0.29) is 0 Å². The number of nitrogens with zero attached hydrogens (tertiary/aromatic N) is 3. The first-order valence-electron chi connectivity index (χ1n) is 9.38. The Morgan fingerprint density at radius 3 is 2.43 bits per heavy atom. The summed E-state index contributed by atoms with van der Waals surface area (Å²) >= 11 is 7.79. The second-order valence-corrected chi connectivity index (χ2v) is 11.1. The molecule has 2 aromatic rings. The molecule has 0 radical (unpaired) electrons. The predicted octanol–water partition coefficient (Wildman–Crippen LogP) is 4.03. The zero-order chi connectivity index (χ0) is 21.5. The van der Waals surface area contributed by atoms with Crippen LogP contribution in [-0.2, 0) is 10.0 Å². The summed E-state index contributed by atoms with van der Waals surface area (Å²) in [6, 6.07) is 3.29. The van der Waals surface area contributed by atoms with Crippen molar-refractivity contribution in [3.8, 4) is 11.3 Å². The monoisotopic (exact) mass is 471 g/mol. The first kappa shape index (κ1) is 21.4. The lowest BCUT2D eigenvalue weighted by molar-refractivity contribution is 0.379. The van der Waals surface area contributed by atoms with E-state index in [0.29, 0.717) is 42.6 Å². The summed E-state index contributed by atoms with van der Waals surface area (Å²) in [5, 5.41) is 1.61. The van der Waals surface area contributed by atoms with Gasteiger partial charge in [-0.1, -0.05) is 24.3 Å². The van der Waals surface area contributed by atoms with Crippen LogP contribution in [0.2, 0.25) is 0 Å². The van der Waals surface area contributed by atoms with Gasteiger partial charge in [0, 0.05) is 43.2 Å². The predicted molar refractivity (Wildman–Crippen MR) is 116 cm³/mol. The van der Waals surface area contributed by atoms with Crippen LogP contribution in [0.4, 0.5) is 13.9 Å². The van der Waals surface area contributed by atoms with E-state index in [1.54, 1.807) is 36.6 Å². The van der Waals surface area contributed by atoms with Crippen LogP contribution in [0, 0.1) is 11.6 Å². The first-order chi connectivity index (χ1) is 14.2. The summed E-state index contributed by atoms with van der Waals surface area (Å²) in [6.45, 7) is 3.25. The zero-order valence-corrected chi connectivity index (χ0v) is 18.5. The quantitative estimate of drug-likeness (QED) is 0.632. The van der Waals surface area contributed by atoms with Crippen molar-refractivity contribution in [3.05, 3.63) is 59.5 Å². The van der Waals surface area contributed by atoms with Crippen LogP contribution < -0.4 is 4.90 Å². The SMILES string of the molecule is CC1(Cl)C=CC=CC1S(=O)(=O)N1CCN(c2nc(-c3cc(F)cc(F)c3)cs2)CC1. The number of sulfonamides is 1. The Morgan fingerprint density at radius 2 is 1.80 bits per heavy atom. The van der Waals surface area contributed by atoms with Gasteiger partial charge >= 0.3 is 0 Å². The van der Waals surface area contributed by atoms with Gasteiger partial charge in [-0.25, -0.2) is 22.2 Å². The molecule has 1 saturated heterocycles. The van der Waals surface area contributed by atoms with Crippen LogP contribution in [0.3, 0.4) is 0 Å². The number of thiazole rings is 1. The van der Waals surface area contributed by atoms with Crippen molar-refractivity contribution in [2.45, 2.75) is 17.0 Å². The van der Waals surface area contributed by atoms with Gasteiger partial charge in [-0.15, -0.1) is 22.9 Å². The van der Waals surface area contributed by atoms with Gasteiger partial charge in [-0.05, 0) is 19.1 Å². The van der Waals surface area contributed by atoms with Crippen molar-refractivity contribution in [3.63, 3.8) is 0 Å². The van der Waals surface area contributed by atoms with Gasteiger partial charge in [-0.2, -0.15) is 4.31 Å². The molecular weight excluding hydrogens is 452 g/mol. The third kappa shape index (κ3) is 4.16. The summed E-state index contributed by atoms with van der Waals surface area (Å²) in [4.78, 5) is 5.48. The molecule has 30 heavy (non-hydrogen) atoms. The molecule has 2 atom stereocenters. The van der Waals surface area contributed by atoms with E-state index < -0.39 is 31.8 Å². The second kappa shape index (κ2) is 8.03. The Balaban J connectivity index is 1.46. The van der Waals surface area contributed by atoms with E-state index in [1.165, 1.54) is 27.8 Å². The normalized spacial score (nSPS) is 25.1. The van der Waals surface area contributed by atoms with E-state index in [2.05, 4.69) is 4.98 Å². The average Bonchev–Trinajstić information content (AvgIpc) is 3.17. The van der Waals surface area contributed by atoms with Crippen LogP contribution in [0.5, 0.6) is 0 Å². The maximum absolute atomic E-state index is 13.5. The van der Waals surface area contributed by atoms with Crippen molar-refractivity contribution >= 4 is 38.1 Å². The molecule has 5 nitrogen and oxygen atoms in total. The number of piperazine rings is 1. The van der Waals surface area contributed by atoms with Crippen molar-refractivity contribution in [1.29, 1.82) is 0 Å². The molecule has 4 rings (SSSR count). The molecule has 1 fully saturated rings.